The molecule has 0 radical (unpaired) electrons. The van der Waals surface area contributed by atoms with Crippen LogP contribution in [0.5, 0.6) is 0 Å². The molecule has 2 amide bonds. The second kappa shape index (κ2) is 7.71. The van der Waals surface area contributed by atoms with Gasteiger partial charge in [0.05, 0.1) is 5.52 Å². The molecule has 1 unspecified atom stereocenters. The molecule has 144 valence electrons. The molecule has 2 fully saturated rings. The van der Waals surface area contributed by atoms with E-state index < -0.39 is 0 Å². The van der Waals surface area contributed by atoms with Gasteiger partial charge in [-0.05, 0) is 50.7 Å². The number of rotatable bonds is 4. The molecule has 2 aromatic heterocycles. The van der Waals surface area contributed by atoms with Crippen LogP contribution in [-0.4, -0.2) is 44.7 Å². The largest absolute Gasteiger partial charge is 0.347 e. The number of amides is 2. The number of fused-ring (bicyclic) bond motifs is 1. The lowest BCUT2D eigenvalue weighted by Gasteiger charge is -2.34. The second-order valence-electron chi connectivity index (χ2n) is 7.75. The maximum Gasteiger partial charge on any atom is 0.287 e. The number of carbonyl (C=O) groups excluding carboxylic acids is 2. The van der Waals surface area contributed by atoms with Crippen LogP contribution in [0.15, 0.2) is 24.4 Å². The average molecular weight is 368 g/mol. The van der Waals surface area contributed by atoms with E-state index in [9.17, 15) is 9.59 Å². The Morgan fingerprint density at radius 1 is 1.15 bits per heavy atom. The van der Waals surface area contributed by atoms with Gasteiger partial charge in [0, 0.05) is 24.8 Å². The van der Waals surface area contributed by atoms with Crippen LogP contribution in [0.3, 0.4) is 0 Å². The van der Waals surface area contributed by atoms with E-state index in [1.165, 1.54) is 6.42 Å². The van der Waals surface area contributed by atoms with Crippen LogP contribution < -0.4 is 5.32 Å². The van der Waals surface area contributed by atoms with E-state index in [0.717, 1.165) is 51.5 Å². The Bertz CT molecular complexity index is 838. The summed E-state index contributed by atoms with van der Waals surface area (Å²) in [5.41, 5.74) is 1.10. The Hall–Kier alpha value is -2.37. The van der Waals surface area contributed by atoms with Crippen molar-refractivity contribution in [1.29, 1.82) is 0 Å². The van der Waals surface area contributed by atoms with Crippen molar-refractivity contribution in [3.8, 4) is 0 Å². The van der Waals surface area contributed by atoms with E-state index in [1.807, 2.05) is 29.3 Å². The minimum atomic E-state index is -0.187. The topological polar surface area (TPSA) is 66.7 Å². The number of nitrogens with zero attached hydrogens (tertiary/aromatic N) is 3. The SMILES string of the molecule is CCC1CCCCN1C(=O)c1nc(C(=O)NC2CCCC2)n2ccccc12. The van der Waals surface area contributed by atoms with Gasteiger partial charge in [0.25, 0.3) is 11.8 Å². The smallest absolute Gasteiger partial charge is 0.287 e. The minimum Gasteiger partial charge on any atom is -0.347 e. The summed E-state index contributed by atoms with van der Waals surface area (Å²) in [6.07, 6.45) is 10.4. The van der Waals surface area contributed by atoms with E-state index in [2.05, 4.69) is 17.2 Å². The first-order chi connectivity index (χ1) is 13.2. The van der Waals surface area contributed by atoms with E-state index in [1.54, 1.807) is 4.40 Å². The molecule has 1 saturated heterocycles. The predicted molar refractivity (Wildman–Crippen MR) is 104 cm³/mol. The fourth-order valence-electron chi connectivity index (χ4n) is 4.50. The summed E-state index contributed by atoms with van der Waals surface area (Å²) in [7, 11) is 0. The van der Waals surface area contributed by atoms with Crippen molar-refractivity contribution in [2.24, 2.45) is 0 Å². The molecule has 6 heteroatoms. The predicted octanol–water partition coefficient (Wildman–Crippen LogP) is 3.41. The number of hydrogen-bond donors (Lipinski definition) is 1. The van der Waals surface area contributed by atoms with Crippen LogP contribution in [0.4, 0.5) is 0 Å². The van der Waals surface area contributed by atoms with Gasteiger partial charge in [-0.25, -0.2) is 4.98 Å². The molecule has 3 heterocycles. The third kappa shape index (κ3) is 3.45. The van der Waals surface area contributed by atoms with Crippen molar-refractivity contribution in [1.82, 2.24) is 19.6 Å². The van der Waals surface area contributed by atoms with Gasteiger partial charge in [-0.15, -0.1) is 0 Å². The van der Waals surface area contributed by atoms with Gasteiger partial charge in [-0.1, -0.05) is 25.8 Å². The number of piperidine rings is 1. The summed E-state index contributed by atoms with van der Waals surface area (Å²) in [6, 6.07) is 6.12. The van der Waals surface area contributed by atoms with E-state index >= 15 is 0 Å². The van der Waals surface area contributed by atoms with Crippen molar-refractivity contribution in [2.75, 3.05) is 6.54 Å². The standard InChI is InChI=1S/C21H28N4O2/c1-2-16-11-5-7-13-24(16)21(27)18-17-12-6-8-14-25(17)19(23-18)20(26)22-15-9-3-4-10-15/h6,8,12,14-16H,2-5,7,9-11,13H2,1H3,(H,22,26). The summed E-state index contributed by atoms with van der Waals surface area (Å²) < 4.78 is 1.75. The van der Waals surface area contributed by atoms with E-state index in [0.29, 0.717) is 17.0 Å². The lowest BCUT2D eigenvalue weighted by Crippen LogP contribution is -2.43. The van der Waals surface area contributed by atoms with Crippen LogP contribution in [0.1, 0.15) is 79.4 Å². The van der Waals surface area contributed by atoms with Crippen molar-refractivity contribution in [2.45, 2.75) is 70.4 Å². The second-order valence-corrected chi connectivity index (χ2v) is 7.75. The number of carbonyl (C=O) groups is 2. The van der Waals surface area contributed by atoms with Crippen molar-refractivity contribution < 1.29 is 9.59 Å². The molecular weight excluding hydrogens is 340 g/mol. The van der Waals surface area contributed by atoms with Crippen molar-refractivity contribution >= 4 is 17.3 Å². The Labute approximate surface area is 159 Å². The molecule has 1 atom stereocenters. The number of likely N-dealkylation sites (tertiary alicyclic amines) is 1. The van der Waals surface area contributed by atoms with E-state index in [4.69, 9.17) is 0 Å². The average Bonchev–Trinajstić information content (AvgIpc) is 3.35. The molecule has 0 aromatic carbocycles. The third-order valence-corrected chi connectivity index (χ3v) is 6.00. The number of nitrogens with one attached hydrogen (secondary N) is 1. The molecule has 0 bridgehead atoms. The van der Waals surface area contributed by atoms with E-state index in [-0.39, 0.29) is 23.9 Å². The zero-order chi connectivity index (χ0) is 18.8. The lowest BCUT2D eigenvalue weighted by molar-refractivity contribution is 0.0604. The quantitative estimate of drug-likeness (QED) is 0.899. The highest BCUT2D eigenvalue weighted by molar-refractivity contribution is 6.02. The third-order valence-electron chi connectivity index (χ3n) is 6.00. The van der Waals surface area contributed by atoms with Gasteiger partial charge in [-0.2, -0.15) is 0 Å². The van der Waals surface area contributed by atoms with Gasteiger partial charge in [0.2, 0.25) is 5.82 Å². The summed E-state index contributed by atoms with van der Waals surface area (Å²) >= 11 is 0. The maximum atomic E-state index is 13.3. The molecule has 2 aromatic rings. The molecule has 0 spiro atoms. The Morgan fingerprint density at radius 2 is 1.93 bits per heavy atom. The van der Waals surface area contributed by atoms with Gasteiger partial charge in [-0.3, -0.25) is 14.0 Å². The highest BCUT2D eigenvalue weighted by Crippen LogP contribution is 2.24. The van der Waals surface area contributed by atoms with Crippen molar-refractivity contribution in [3.63, 3.8) is 0 Å². The first kappa shape index (κ1) is 18.0. The van der Waals surface area contributed by atoms with Crippen molar-refractivity contribution in [3.05, 3.63) is 35.9 Å². The van der Waals surface area contributed by atoms with Crippen LogP contribution in [0.25, 0.3) is 5.52 Å². The Balaban J connectivity index is 1.66. The summed E-state index contributed by atoms with van der Waals surface area (Å²) in [5.74, 6) is 0.0731. The number of imidazole rings is 1. The molecular formula is C21H28N4O2. The molecule has 1 saturated carbocycles. The maximum absolute atomic E-state index is 13.3. The Morgan fingerprint density at radius 3 is 2.70 bits per heavy atom. The lowest BCUT2D eigenvalue weighted by atomic mass is 9.99. The van der Waals surface area contributed by atoms with Crippen LogP contribution in [0.2, 0.25) is 0 Å². The van der Waals surface area contributed by atoms with Gasteiger partial charge in [0.1, 0.15) is 0 Å². The fraction of sp³-hybridized carbons (Fsp3) is 0.571. The van der Waals surface area contributed by atoms with Crippen LogP contribution in [0, 0.1) is 0 Å². The molecule has 6 nitrogen and oxygen atoms in total. The highest BCUT2D eigenvalue weighted by atomic mass is 16.2. The van der Waals surface area contributed by atoms with Gasteiger partial charge in [0.15, 0.2) is 5.69 Å². The first-order valence-corrected chi connectivity index (χ1v) is 10.3. The van der Waals surface area contributed by atoms with Crippen LogP contribution >= 0.6 is 0 Å². The molecule has 1 aliphatic heterocycles. The highest BCUT2D eigenvalue weighted by Gasteiger charge is 2.31. The Kier molecular flexibility index (Phi) is 5.14. The molecule has 4 rings (SSSR count). The normalized spacial score (nSPS) is 20.9. The molecule has 1 aliphatic carbocycles. The van der Waals surface area contributed by atoms with Gasteiger partial charge < -0.3 is 10.2 Å². The molecule has 2 aliphatic rings. The number of aromatic nitrogens is 2. The number of hydrogen-bond acceptors (Lipinski definition) is 3. The van der Waals surface area contributed by atoms with Gasteiger partial charge >= 0.3 is 0 Å². The molecule has 1 N–H and O–H groups in total. The number of pyridine rings is 1. The first-order valence-electron chi connectivity index (χ1n) is 10.3. The summed E-state index contributed by atoms with van der Waals surface area (Å²) in [6.45, 7) is 2.90. The summed E-state index contributed by atoms with van der Waals surface area (Å²) in [5, 5.41) is 3.09. The summed E-state index contributed by atoms with van der Waals surface area (Å²) in [4.78, 5) is 32.6. The zero-order valence-corrected chi connectivity index (χ0v) is 16.0. The minimum absolute atomic E-state index is 0.0508. The zero-order valence-electron chi connectivity index (χ0n) is 16.0. The van der Waals surface area contributed by atoms with Crippen LogP contribution in [-0.2, 0) is 0 Å². The fourth-order valence-corrected chi connectivity index (χ4v) is 4.50. The monoisotopic (exact) mass is 368 g/mol. The molecule has 27 heavy (non-hydrogen) atoms.